The molecule has 0 fully saturated rings. The number of amides is 1. The lowest BCUT2D eigenvalue weighted by atomic mass is 10.2. The van der Waals surface area contributed by atoms with Crippen LogP contribution in [0.25, 0.3) is 6.08 Å². The average Bonchev–Trinajstić information content (AvgIpc) is 2.63. The van der Waals surface area contributed by atoms with Gasteiger partial charge in [0.05, 0.1) is 15.7 Å². The standard InChI is InChI=1S/C18H13Cl2F2NO4/c19-13-2-1-3-14(17(13)20)23-15(24)10-26-16(25)9-6-11-4-7-12(8-5-11)27-18(21)22/h1-9,18H,10H2,(H,23,24)/b9-6+. The van der Waals surface area contributed by atoms with Gasteiger partial charge in [-0.3, -0.25) is 4.79 Å². The normalized spacial score (nSPS) is 10.9. The van der Waals surface area contributed by atoms with E-state index in [-0.39, 0.29) is 15.8 Å². The highest BCUT2D eigenvalue weighted by Gasteiger charge is 2.10. The predicted octanol–water partition coefficient (Wildman–Crippen LogP) is 4.79. The fraction of sp³-hybridized carbons (Fsp3) is 0.111. The molecule has 27 heavy (non-hydrogen) atoms. The van der Waals surface area contributed by atoms with Crippen LogP contribution < -0.4 is 10.1 Å². The van der Waals surface area contributed by atoms with Crippen molar-refractivity contribution in [2.75, 3.05) is 11.9 Å². The Morgan fingerprint density at radius 3 is 2.48 bits per heavy atom. The first-order valence-electron chi connectivity index (χ1n) is 7.48. The minimum Gasteiger partial charge on any atom is -0.452 e. The van der Waals surface area contributed by atoms with Crippen LogP contribution in [-0.2, 0) is 14.3 Å². The maximum atomic E-state index is 12.1. The van der Waals surface area contributed by atoms with E-state index in [4.69, 9.17) is 27.9 Å². The molecule has 1 amide bonds. The number of carbonyl (C=O) groups is 2. The Kier molecular flexibility index (Phi) is 7.57. The summed E-state index contributed by atoms with van der Waals surface area (Å²) >= 11 is 11.8. The summed E-state index contributed by atoms with van der Waals surface area (Å²) in [6, 6.07) is 10.4. The van der Waals surface area contributed by atoms with E-state index in [0.717, 1.165) is 6.08 Å². The molecule has 2 aromatic carbocycles. The van der Waals surface area contributed by atoms with Gasteiger partial charge >= 0.3 is 12.6 Å². The smallest absolute Gasteiger partial charge is 0.387 e. The highest BCUT2D eigenvalue weighted by Crippen LogP contribution is 2.29. The zero-order chi connectivity index (χ0) is 19.8. The third kappa shape index (κ3) is 6.88. The van der Waals surface area contributed by atoms with Crippen LogP contribution in [0.2, 0.25) is 10.0 Å². The molecule has 0 spiro atoms. The molecular formula is C18H13Cl2F2NO4. The largest absolute Gasteiger partial charge is 0.452 e. The molecule has 0 aromatic heterocycles. The number of hydrogen-bond donors (Lipinski definition) is 1. The van der Waals surface area contributed by atoms with Crippen LogP contribution in [0, 0.1) is 0 Å². The Bertz CT molecular complexity index is 842. The van der Waals surface area contributed by atoms with Crippen molar-refractivity contribution in [3.05, 3.63) is 64.1 Å². The van der Waals surface area contributed by atoms with Gasteiger partial charge in [0, 0.05) is 6.08 Å². The van der Waals surface area contributed by atoms with Crippen molar-refractivity contribution in [3.63, 3.8) is 0 Å². The number of esters is 1. The summed E-state index contributed by atoms with van der Waals surface area (Å²) < 4.78 is 33.1. The van der Waals surface area contributed by atoms with Gasteiger partial charge in [-0.15, -0.1) is 0 Å². The van der Waals surface area contributed by atoms with Crippen molar-refractivity contribution in [2.24, 2.45) is 0 Å². The molecule has 0 atom stereocenters. The van der Waals surface area contributed by atoms with E-state index in [1.165, 1.54) is 30.3 Å². The Hall–Kier alpha value is -2.64. The second kappa shape index (κ2) is 9.89. The van der Waals surface area contributed by atoms with Crippen molar-refractivity contribution in [1.29, 1.82) is 0 Å². The highest BCUT2D eigenvalue weighted by molar-refractivity contribution is 6.44. The molecule has 0 radical (unpaired) electrons. The van der Waals surface area contributed by atoms with Crippen molar-refractivity contribution in [3.8, 4) is 5.75 Å². The Labute approximate surface area is 163 Å². The molecule has 2 rings (SSSR count). The first-order chi connectivity index (χ1) is 12.8. The van der Waals surface area contributed by atoms with E-state index in [1.807, 2.05) is 0 Å². The number of rotatable bonds is 7. The first-order valence-corrected chi connectivity index (χ1v) is 8.24. The van der Waals surface area contributed by atoms with E-state index in [0.29, 0.717) is 11.3 Å². The minimum atomic E-state index is -2.91. The van der Waals surface area contributed by atoms with Crippen molar-refractivity contribution < 1.29 is 27.8 Å². The second-order valence-electron chi connectivity index (χ2n) is 5.04. The third-order valence-corrected chi connectivity index (χ3v) is 3.91. The van der Waals surface area contributed by atoms with Gasteiger partial charge in [0.25, 0.3) is 5.91 Å². The zero-order valence-electron chi connectivity index (χ0n) is 13.6. The van der Waals surface area contributed by atoms with Crippen LogP contribution in [0.4, 0.5) is 14.5 Å². The molecule has 142 valence electrons. The lowest BCUT2D eigenvalue weighted by molar-refractivity contribution is -0.142. The fourth-order valence-electron chi connectivity index (χ4n) is 1.90. The van der Waals surface area contributed by atoms with E-state index in [2.05, 4.69) is 10.1 Å². The Balaban J connectivity index is 1.82. The van der Waals surface area contributed by atoms with Crippen molar-refractivity contribution in [1.82, 2.24) is 0 Å². The summed E-state index contributed by atoms with van der Waals surface area (Å²) in [4.78, 5) is 23.4. The summed E-state index contributed by atoms with van der Waals surface area (Å²) in [5.74, 6) is -1.34. The van der Waals surface area contributed by atoms with Gasteiger partial charge in [0.1, 0.15) is 5.75 Å². The summed E-state index contributed by atoms with van der Waals surface area (Å²) in [5, 5.41) is 2.93. The minimum absolute atomic E-state index is 0.000994. The summed E-state index contributed by atoms with van der Waals surface area (Å²) in [7, 11) is 0. The summed E-state index contributed by atoms with van der Waals surface area (Å²) in [6.07, 6.45) is 2.50. The van der Waals surface area contributed by atoms with Gasteiger partial charge in [-0.25, -0.2) is 4.79 Å². The van der Waals surface area contributed by atoms with Crippen molar-refractivity contribution in [2.45, 2.75) is 6.61 Å². The van der Waals surface area contributed by atoms with Crippen LogP contribution in [0.1, 0.15) is 5.56 Å². The van der Waals surface area contributed by atoms with E-state index >= 15 is 0 Å². The van der Waals surface area contributed by atoms with Crippen molar-refractivity contribution >= 4 is 46.8 Å². The number of ether oxygens (including phenoxy) is 2. The molecule has 2 aromatic rings. The SMILES string of the molecule is O=C(COC(=O)/C=C/c1ccc(OC(F)F)cc1)Nc1cccc(Cl)c1Cl. The maximum absolute atomic E-state index is 12.1. The molecule has 0 aliphatic carbocycles. The lowest BCUT2D eigenvalue weighted by Crippen LogP contribution is -2.20. The molecule has 0 saturated heterocycles. The van der Waals surface area contributed by atoms with Crippen LogP contribution in [-0.4, -0.2) is 25.1 Å². The summed E-state index contributed by atoms with van der Waals surface area (Å²) in [5.41, 5.74) is 0.857. The van der Waals surface area contributed by atoms with E-state index in [9.17, 15) is 18.4 Å². The van der Waals surface area contributed by atoms with Gasteiger partial charge < -0.3 is 14.8 Å². The molecule has 0 heterocycles. The maximum Gasteiger partial charge on any atom is 0.387 e. The predicted molar refractivity (Wildman–Crippen MR) is 98.2 cm³/mol. The third-order valence-electron chi connectivity index (χ3n) is 3.09. The van der Waals surface area contributed by atoms with Gasteiger partial charge in [0.15, 0.2) is 6.61 Å². The quantitative estimate of drug-likeness (QED) is 0.521. The van der Waals surface area contributed by atoms with Gasteiger partial charge in [-0.1, -0.05) is 41.4 Å². The number of alkyl halides is 2. The second-order valence-corrected chi connectivity index (χ2v) is 5.82. The molecule has 0 aliphatic heterocycles. The molecule has 0 saturated carbocycles. The topological polar surface area (TPSA) is 64.6 Å². The number of halogens is 4. The monoisotopic (exact) mass is 415 g/mol. The Morgan fingerprint density at radius 1 is 1.11 bits per heavy atom. The van der Waals surface area contributed by atoms with Gasteiger partial charge in [-0.05, 0) is 35.9 Å². The highest BCUT2D eigenvalue weighted by atomic mass is 35.5. The molecule has 5 nitrogen and oxygen atoms in total. The van der Waals surface area contributed by atoms with Crippen LogP contribution >= 0.6 is 23.2 Å². The van der Waals surface area contributed by atoms with E-state index in [1.54, 1.807) is 18.2 Å². The summed E-state index contributed by atoms with van der Waals surface area (Å²) in [6.45, 7) is -3.43. The van der Waals surface area contributed by atoms with Crippen LogP contribution in [0.3, 0.4) is 0 Å². The average molecular weight is 416 g/mol. The van der Waals surface area contributed by atoms with Crippen LogP contribution in [0.5, 0.6) is 5.75 Å². The number of anilines is 1. The van der Waals surface area contributed by atoms with Gasteiger partial charge in [-0.2, -0.15) is 8.78 Å². The van der Waals surface area contributed by atoms with Gasteiger partial charge in [0.2, 0.25) is 0 Å². The lowest BCUT2D eigenvalue weighted by Gasteiger charge is -2.08. The molecule has 9 heteroatoms. The Morgan fingerprint density at radius 2 is 1.81 bits per heavy atom. The molecule has 0 unspecified atom stereocenters. The molecule has 0 bridgehead atoms. The zero-order valence-corrected chi connectivity index (χ0v) is 15.1. The number of hydrogen-bond acceptors (Lipinski definition) is 4. The number of benzene rings is 2. The van der Waals surface area contributed by atoms with Crippen LogP contribution in [0.15, 0.2) is 48.5 Å². The van der Waals surface area contributed by atoms with E-state index < -0.39 is 25.1 Å². The number of nitrogens with one attached hydrogen (secondary N) is 1. The molecule has 0 aliphatic rings. The molecular weight excluding hydrogens is 403 g/mol. The number of carbonyl (C=O) groups excluding carboxylic acids is 2. The fourth-order valence-corrected chi connectivity index (χ4v) is 2.24. The first kappa shape index (κ1) is 20.7. The molecule has 1 N–H and O–H groups in total.